The Morgan fingerprint density at radius 1 is 1.07 bits per heavy atom. The second-order valence-electron chi connectivity index (χ2n) is 6.49. The van der Waals surface area contributed by atoms with Crippen molar-refractivity contribution >= 4 is 15.7 Å². The van der Waals surface area contributed by atoms with Crippen LogP contribution in [-0.2, 0) is 16.6 Å². The molecule has 1 aliphatic rings. The summed E-state index contributed by atoms with van der Waals surface area (Å²) < 4.78 is 34.6. The Morgan fingerprint density at radius 3 is 2.44 bits per heavy atom. The van der Waals surface area contributed by atoms with Gasteiger partial charge in [0.05, 0.1) is 18.6 Å². The molecule has 9 heteroatoms. The highest BCUT2D eigenvalue weighted by atomic mass is 32.2. The molecule has 8 nitrogen and oxygen atoms in total. The minimum atomic E-state index is -3.58. The zero-order valence-electron chi connectivity index (χ0n) is 14.9. The van der Waals surface area contributed by atoms with Gasteiger partial charge in [0.1, 0.15) is 5.75 Å². The molecule has 1 saturated heterocycles. The average molecular weight is 388 g/mol. The van der Waals surface area contributed by atoms with Crippen molar-refractivity contribution in [1.82, 2.24) is 18.5 Å². The molecule has 4 rings (SSSR count). The monoisotopic (exact) mass is 388 g/mol. The minimum absolute atomic E-state index is 0.114. The van der Waals surface area contributed by atoms with Gasteiger partial charge in [-0.1, -0.05) is 12.1 Å². The van der Waals surface area contributed by atoms with Gasteiger partial charge in [-0.25, -0.2) is 22.3 Å². The van der Waals surface area contributed by atoms with Crippen molar-refractivity contribution < 1.29 is 13.2 Å². The number of rotatable bonds is 5. The quantitative estimate of drug-likeness (QED) is 0.658. The normalized spacial score (nSPS) is 15.4. The minimum Gasteiger partial charge on any atom is -0.497 e. The molecule has 0 aliphatic carbocycles. The second-order valence-corrected chi connectivity index (χ2v) is 8.43. The first-order chi connectivity index (χ1) is 13.0. The van der Waals surface area contributed by atoms with Gasteiger partial charge in [-0.05, 0) is 42.7 Å². The highest BCUT2D eigenvalue weighted by Crippen LogP contribution is 2.20. The molecule has 0 spiro atoms. The van der Waals surface area contributed by atoms with Gasteiger partial charge in [0.15, 0.2) is 5.65 Å². The van der Waals surface area contributed by atoms with Crippen molar-refractivity contribution in [3.63, 3.8) is 0 Å². The zero-order chi connectivity index (χ0) is 19.0. The Labute approximate surface area is 156 Å². The fourth-order valence-electron chi connectivity index (χ4n) is 3.24. The summed E-state index contributed by atoms with van der Waals surface area (Å²) in [5.41, 5.74) is 0.930. The molecule has 3 heterocycles. The van der Waals surface area contributed by atoms with Crippen molar-refractivity contribution in [2.24, 2.45) is 0 Å². The van der Waals surface area contributed by atoms with Crippen LogP contribution in [0.1, 0.15) is 18.4 Å². The van der Waals surface area contributed by atoms with E-state index in [4.69, 9.17) is 4.74 Å². The summed E-state index contributed by atoms with van der Waals surface area (Å²) in [6, 6.07) is 10.4. The number of sulfonamides is 1. The summed E-state index contributed by atoms with van der Waals surface area (Å²) in [6.45, 7) is 1.33. The number of hydrogen-bond acceptors (Lipinski definition) is 5. The topological polar surface area (TPSA) is 85.9 Å². The van der Waals surface area contributed by atoms with Crippen LogP contribution in [0.25, 0.3) is 5.65 Å². The van der Waals surface area contributed by atoms with Crippen molar-refractivity contribution in [3.05, 3.63) is 58.6 Å². The van der Waals surface area contributed by atoms with Gasteiger partial charge >= 0.3 is 5.69 Å². The molecule has 27 heavy (non-hydrogen) atoms. The van der Waals surface area contributed by atoms with Gasteiger partial charge in [0.25, 0.3) is 0 Å². The lowest BCUT2D eigenvalue weighted by molar-refractivity contribution is 0.414. The van der Waals surface area contributed by atoms with E-state index in [-0.39, 0.29) is 10.6 Å². The van der Waals surface area contributed by atoms with Crippen molar-refractivity contribution in [3.8, 4) is 5.75 Å². The lowest BCUT2D eigenvalue weighted by atomic mass is 10.2. The molecule has 0 bridgehead atoms. The predicted molar refractivity (Wildman–Crippen MR) is 99.5 cm³/mol. The molecule has 0 atom stereocenters. The lowest BCUT2D eigenvalue weighted by Gasteiger charge is -2.15. The standard InChI is InChI=1S/C18H20N4O4S/c1-26-15-6-4-14(5-7-15)12-22-18(23)21-13-16(8-9-17(21)19-22)27(24,25)20-10-2-3-11-20/h4-9,13H,2-3,10-12H2,1H3. The number of benzene rings is 1. The number of methoxy groups -OCH3 is 1. The van der Waals surface area contributed by atoms with Gasteiger partial charge < -0.3 is 4.74 Å². The molecule has 0 unspecified atom stereocenters. The molecule has 2 aromatic heterocycles. The van der Waals surface area contributed by atoms with E-state index in [1.165, 1.54) is 25.7 Å². The second kappa shape index (κ2) is 6.82. The third kappa shape index (κ3) is 3.24. The van der Waals surface area contributed by atoms with Gasteiger partial charge in [-0.3, -0.25) is 0 Å². The Bertz CT molecular complexity index is 1130. The fraction of sp³-hybridized carbons (Fsp3) is 0.333. The van der Waals surface area contributed by atoms with E-state index in [9.17, 15) is 13.2 Å². The van der Waals surface area contributed by atoms with Crippen molar-refractivity contribution in [2.45, 2.75) is 24.3 Å². The number of pyridine rings is 1. The maximum atomic E-state index is 12.7. The molecular formula is C18H20N4O4S. The lowest BCUT2D eigenvalue weighted by Crippen LogP contribution is -2.28. The molecule has 142 valence electrons. The van der Waals surface area contributed by atoms with Crippen LogP contribution in [0.2, 0.25) is 0 Å². The van der Waals surface area contributed by atoms with Crippen molar-refractivity contribution in [1.29, 1.82) is 0 Å². The first-order valence-corrected chi connectivity index (χ1v) is 10.2. The first-order valence-electron chi connectivity index (χ1n) is 8.71. The Hall–Kier alpha value is -2.65. The van der Waals surface area contributed by atoms with Crippen LogP contribution in [0.4, 0.5) is 0 Å². The van der Waals surface area contributed by atoms with E-state index in [0.717, 1.165) is 24.2 Å². The Balaban J connectivity index is 1.68. The van der Waals surface area contributed by atoms with Gasteiger partial charge in [-0.2, -0.15) is 4.31 Å². The summed E-state index contributed by atoms with van der Waals surface area (Å²) >= 11 is 0. The molecular weight excluding hydrogens is 368 g/mol. The first kappa shape index (κ1) is 17.7. The molecule has 0 amide bonds. The zero-order valence-corrected chi connectivity index (χ0v) is 15.7. The van der Waals surface area contributed by atoms with Crippen LogP contribution >= 0.6 is 0 Å². The molecule has 1 fully saturated rings. The summed E-state index contributed by atoms with van der Waals surface area (Å²) in [4.78, 5) is 12.8. The maximum absolute atomic E-state index is 12.7. The van der Waals surface area contributed by atoms with Crippen LogP contribution in [0, 0.1) is 0 Å². The van der Waals surface area contributed by atoms with E-state index in [1.54, 1.807) is 13.2 Å². The Kier molecular flexibility index (Phi) is 4.48. The van der Waals surface area contributed by atoms with Gasteiger partial charge in [-0.15, -0.1) is 5.10 Å². The number of ether oxygens (including phenoxy) is 1. The smallest absolute Gasteiger partial charge is 0.350 e. The van der Waals surface area contributed by atoms with Crippen LogP contribution < -0.4 is 10.4 Å². The third-order valence-corrected chi connectivity index (χ3v) is 6.63. The van der Waals surface area contributed by atoms with Gasteiger partial charge in [0, 0.05) is 19.3 Å². The van der Waals surface area contributed by atoms with Crippen LogP contribution in [0.5, 0.6) is 5.75 Å². The number of aromatic nitrogens is 3. The van der Waals surface area contributed by atoms with E-state index >= 15 is 0 Å². The van der Waals surface area contributed by atoms with E-state index in [0.29, 0.717) is 25.3 Å². The van der Waals surface area contributed by atoms with Gasteiger partial charge in [0.2, 0.25) is 10.0 Å². The van der Waals surface area contributed by atoms with E-state index < -0.39 is 10.0 Å². The Morgan fingerprint density at radius 2 is 1.78 bits per heavy atom. The molecule has 1 aromatic carbocycles. The predicted octanol–water partition coefficient (Wildman–Crippen LogP) is 1.34. The number of nitrogens with zero attached hydrogens (tertiary/aromatic N) is 4. The molecule has 3 aromatic rings. The fourth-order valence-corrected chi connectivity index (χ4v) is 4.75. The number of fused-ring (bicyclic) bond motifs is 1. The summed E-state index contributed by atoms with van der Waals surface area (Å²) in [5, 5.41) is 4.30. The summed E-state index contributed by atoms with van der Waals surface area (Å²) in [6.07, 6.45) is 3.09. The molecule has 0 radical (unpaired) electrons. The van der Waals surface area contributed by atoms with E-state index in [1.807, 2.05) is 24.3 Å². The summed E-state index contributed by atoms with van der Waals surface area (Å²) in [5.74, 6) is 0.734. The average Bonchev–Trinajstić information content (AvgIpc) is 3.32. The molecule has 0 N–H and O–H groups in total. The van der Waals surface area contributed by atoms with Crippen molar-refractivity contribution in [2.75, 3.05) is 20.2 Å². The third-order valence-electron chi connectivity index (χ3n) is 4.74. The summed E-state index contributed by atoms with van der Waals surface area (Å²) in [7, 11) is -1.99. The van der Waals surface area contributed by atoms with Crippen LogP contribution in [0.3, 0.4) is 0 Å². The number of hydrogen-bond donors (Lipinski definition) is 0. The largest absolute Gasteiger partial charge is 0.497 e. The highest BCUT2D eigenvalue weighted by Gasteiger charge is 2.27. The van der Waals surface area contributed by atoms with Crippen LogP contribution in [-0.4, -0.2) is 47.1 Å². The van der Waals surface area contributed by atoms with E-state index in [2.05, 4.69) is 5.10 Å². The SMILES string of the molecule is COc1ccc(Cn2nc3ccc(S(=O)(=O)N4CCCC4)cn3c2=O)cc1. The molecule has 0 saturated carbocycles. The highest BCUT2D eigenvalue weighted by molar-refractivity contribution is 7.89. The molecule has 1 aliphatic heterocycles. The maximum Gasteiger partial charge on any atom is 0.350 e. The van der Waals surface area contributed by atoms with Crippen LogP contribution in [0.15, 0.2) is 52.3 Å².